The third-order valence-corrected chi connectivity index (χ3v) is 6.29. The van der Waals surface area contributed by atoms with Crippen molar-refractivity contribution in [2.75, 3.05) is 7.05 Å². The second kappa shape index (κ2) is 7.02. The van der Waals surface area contributed by atoms with Crippen LogP contribution in [0.25, 0.3) is 17.0 Å². The highest BCUT2D eigenvalue weighted by Gasteiger charge is 2.32. The van der Waals surface area contributed by atoms with E-state index in [1.54, 1.807) is 0 Å². The number of aromatic nitrogens is 1. The molecule has 27 heavy (non-hydrogen) atoms. The minimum absolute atomic E-state index is 0.234. The van der Waals surface area contributed by atoms with Crippen LogP contribution in [-0.2, 0) is 11.3 Å². The Bertz CT molecular complexity index is 1100. The second-order valence-corrected chi connectivity index (χ2v) is 8.38. The summed E-state index contributed by atoms with van der Waals surface area (Å²) in [6.07, 6.45) is 1.85. The third-order valence-electron chi connectivity index (χ3n) is 4.80. The normalized spacial score (nSPS) is 16.1. The van der Waals surface area contributed by atoms with Crippen LogP contribution in [0.15, 0.2) is 57.9 Å². The zero-order chi connectivity index (χ0) is 19.1. The van der Waals surface area contributed by atoms with Gasteiger partial charge in [0.25, 0.3) is 11.1 Å². The first-order chi connectivity index (χ1) is 13.0. The Balaban J connectivity index is 1.83. The van der Waals surface area contributed by atoms with Gasteiger partial charge >= 0.3 is 0 Å². The lowest BCUT2D eigenvalue weighted by atomic mass is 10.1. The van der Waals surface area contributed by atoms with Gasteiger partial charge in [-0.05, 0) is 48.5 Å². The summed E-state index contributed by atoms with van der Waals surface area (Å²) in [5.41, 5.74) is 4.37. The lowest BCUT2D eigenvalue weighted by Crippen LogP contribution is -2.22. The monoisotopic (exact) mass is 440 g/mol. The van der Waals surface area contributed by atoms with Gasteiger partial charge in [-0.2, -0.15) is 0 Å². The molecule has 1 fully saturated rings. The fraction of sp³-hybridized carbons (Fsp3) is 0.143. The quantitative estimate of drug-likeness (QED) is 0.510. The number of carbonyl (C=O) groups excluding carboxylic acids is 2. The molecule has 2 heterocycles. The fourth-order valence-corrected chi connectivity index (χ4v) is 4.37. The van der Waals surface area contributed by atoms with Crippen molar-refractivity contribution in [3.8, 4) is 0 Å². The van der Waals surface area contributed by atoms with E-state index in [1.807, 2.05) is 30.3 Å². The number of hydrogen-bond donors (Lipinski definition) is 0. The first-order valence-electron chi connectivity index (χ1n) is 8.49. The number of nitrogens with zero attached hydrogens (tertiary/aromatic N) is 2. The molecule has 4 nitrogen and oxygen atoms in total. The summed E-state index contributed by atoms with van der Waals surface area (Å²) in [4.78, 5) is 25.8. The SMILES string of the molecule is Cc1c(/C=C2\SC(=O)N(C)C2=O)c2ccccc2n1Cc1ccc(Br)cc1. The molecule has 1 saturated heterocycles. The Labute approximate surface area is 170 Å². The summed E-state index contributed by atoms with van der Waals surface area (Å²) in [7, 11) is 1.52. The van der Waals surface area contributed by atoms with Gasteiger partial charge in [0.1, 0.15) is 0 Å². The van der Waals surface area contributed by atoms with Gasteiger partial charge < -0.3 is 4.57 Å². The molecule has 0 aliphatic carbocycles. The highest BCUT2D eigenvalue weighted by molar-refractivity contribution is 9.10. The van der Waals surface area contributed by atoms with Crippen LogP contribution in [0.3, 0.4) is 0 Å². The number of para-hydroxylation sites is 1. The van der Waals surface area contributed by atoms with Crippen molar-refractivity contribution in [1.29, 1.82) is 0 Å². The average Bonchev–Trinajstić information content (AvgIpc) is 3.07. The summed E-state index contributed by atoms with van der Waals surface area (Å²) >= 11 is 4.47. The van der Waals surface area contributed by atoms with Crippen LogP contribution >= 0.6 is 27.7 Å². The Morgan fingerprint density at radius 3 is 2.44 bits per heavy atom. The van der Waals surface area contributed by atoms with Gasteiger partial charge in [0.2, 0.25) is 0 Å². The number of hydrogen-bond acceptors (Lipinski definition) is 3. The van der Waals surface area contributed by atoms with Crippen molar-refractivity contribution in [3.63, 3.8) is 0 Å². The van der Waals surface area contributed by atoms with Gasteiger partial charge in [0.15, 0.2) is 0 Å². The number of thioether (sulfide) groups is 1. The Hall–Kier alpha value is -2.31. The van der Waals surface area contributed by atoms with Crippen molar-refractivity contribution in [2.24, 2.45) is 0 Å². The molecular formula is C21H17BrN2O2S. The van der Waals surface area contributed by atoms with E-state index in [0.717, 1.165) is 49.8 Å². The van der Waals surface area contributed by atoms with Crippen LogP contribution in [0.2, 0.25) is 0 Å². The molecular weight excluding hydrogens is 424 g/mol. The average molecular weight is 441 g/mol. The number of carbonyl (C=O) groups is 2. The molecule has 0 saturated carbocycles. The molecule has 1 aliphatic heterocycles. The number of rotatable bonds is 3. The van der Waals surface area contributed by atoms with E-state index in [0.29, 0.717) is 4.91 Å². The van der Waals surface area contributed by atoms with Crippen LogP contribution in [0.4, 0.5) is 4.79 Å². The van der Waals surface area contributed by atoms with Gasteiger partial charge in [-0.3, -0.25) is 14.5 Å². The molecule has 136 valence electrons. The summed E-state index contributed by atoms with van der Waals surface area (Å²) < 4.78 is 3.30. The van der Waals surface area contributed by atoms with Crippen molar-refractivity contribution in [3.05, 3.63) is 74.7 Å². The van der Waals surface area contributed by atoms with Gasteiger partial charge in [-0.15, -0.1) is 0 Å². The number of imide groups is 1. The molecule has 1 aliphatic rings. The fourth-order valence-electron chi connectivity index (χ4n) is 3.29. The number of likely N-dealkylation sites (N-methyl/N-ethyl adjacent to an activating group) is 1. The number of amides is 2. The van der Waals surface area contributed by atoms with Crippen LogP contribution in [0.5, 0.6) is 0 Å². The van der Waals surface area contributed by atoms with Crippen LogP contribution in [-0.4, -0.2) is 27.7 Å². The first-order valence-corrected chi connectivity index (χ1v) is 10.1. The van der Waals surface area contributed by atoms with E-state index < -0.39 is 0 Å². The zero-order valence-electron chi connectivity index (χ0n) is 14.9. The van der Waals surface area contributed by atoms with Crippen molar-refractivity contribution in [2.45, 2.75) is 13.5 Å². The summed E-state index contributed by atoms with van der Waals surface area (Å²) in [6.45, 7) is 2.80. The molecule has 0 unspecified atom stereocenters. The van der Waals surface area contributed by atoms with Crippen molar-refractivity contribution in [1.82, 2.24) is 9.47 Å². The Kier molecular flexibility index (Phi) is 4.70. The Morgan fingerprint density at radius 2 is 1.78 bits per heavy atom. The summed E-state index contributed by atoms with van der Waals surface area (Å²) in [5, 5.41) is 0.845. The second-order valence-electron chi connectivity index (χ2n) is 6.47. The molecule has 0 bridgehead atoms. The van der Waals surface area contributed by atoms with Crippen molar-refractivity contribution < 1.29 is 9.59 Å². The van der Waals surface area contributed by atoms with Gasteiger partial charge in [0, 0.05) is 40.2 Å². The van der Waals surface area contributed by atoms with E-state index in [1.165, 1.54) is 12.6 Å². The predicted molar refractivity (Wildman–Crippen MR) is 114 cm³/mol. The Morgan fingerprint density at radius 1 is 1.07 bits per heavy atom. The van der Waals surface area contributed by atoms with Gasteiger partial charge in [-0.25, -0.2) is 0 Å². The maximum atomic E-state index is 12.3. The minimum Gasteiger partial charge on any atom is -0.340 e. The first kappa shape index (κ1) is 18.1. The molecule has 1 aromatic heterocycles. The number of fused-ring (bicyclic) bond motifs is 1. The molecule has 6 heteroatoms. The largest absolute Gasteiger partial charge is 0.340 e. The van der Waals surface area contributed by atoms with E-state index in [-0.39, 0.29) is 11.1 Å². The molecule has 2 aromatic carbocycles. The molecule has 4 rings (SSSR count). The van der Waals surface area contributed by atoms with E-state index >= 15 is 0 Å². The topological polar surface area (TPSA) is 42.3 Å². The smallest absolute Gasteiger partial charge is 0.293 e. The van der Waals surface area contributed by atoms with Crippen LogP contribution in [0, 0.1) is 6.92 Å². The van der Waals surface area contributed by atoms with Gasteiger partial charge in [-0.1, -0.05) is 46.3 Å². The lowest BCUT2D eigenvalue weighted by molar-refractivity contribution is -0.121. The lowest BCUT2D eigenvalue weighted by Gasteiger charge is -2.09. The zero-order valence-corrected chi connectivity index (χ0v) is 17.3. The summed E-state index contributed by atoms with van der Waals surface area (Å²) in [5.74, 6) is -0.242. The van der Waals surface area contributed by atoms with Crippen molar-refractivity contribution >= 4 is 55.8 Å². The maximum absolute atomic E-state index is 12.3. The predicted octanol–water partition coefficient (Wildman–Crippen LogP) is 5.43. The number of benzene rings is 2. The molecule has 2 amide bonds. The highest BCUT2D eigenvalue weighted by Crippen LogP contribution is 2.35. The highest BCUT2D eigenvalue weighted by atomic mass is 79.9. The van der Waals surface area contributed by atoms with E-state index in [2.05, 4.69) is 51.7 Å². The van der Waals surface area contributed by atoms with Crippen LogP contribution in [0.1, 0.15) is 16.8 Å². The summed E-state index contributed by atoms with van der Waals surface area (Å²) in [6, 6.07) is 16.4. The molecule has 0 N–H and O–H groups in total. The molecule has 0 radical (unpaired) electrons. The third kappa shape index (κ3) is 3.24. The van der Waals surface area contributed by atoms with Crippen LogP contribution < -0.4 is 0 Å². The molecule has 0 spiro atoms. The number of halogens is 1. The van der Waals surface area contributed by atoms with E-state index in [9.17, 15) is 9.59 Å². The maximum Gasteiger partial charge on any atom is 0.293 e. The standard InChI is InChI=1S/C21H17BrN2O2S/c1-13-17(11-19-20(25)23(2)21(26)27-19)16-5-3-4-6-18(16)24(13)12-14-7-9-15(22)10-8-14/h3-11H,12H2,1-2H3/b19-11-. The van der Waals surface area contributed by atoms with Gasteiger partial charge in [0.05, 0.1) is 4.91 Å². The molecule has 0 atom stereocenters. The van der Waals surface area contributed by atoms with E-state index in [4.69, 9.17) is 0 Å². The molecule has 3 aromatic rings. The minimum atomic E-state index is -0.242.